The number of likely N-dealkylation sites (N-methyl/N-ethyl adjacent to an activating group) is 1. The fourth-order valence-corrected chi connectivity index (χ4v) is 4.51. The van der Waals surface area contributed by atoms with Crippen LogP contribution in [0.1, 0.15) is 24.5 Å². The summed E-state index contributed by atoms with van der Waals surface area (Å²) in [6.45, 7) is 6.15. The minimum Gasteiger partial charge on any atom is -0.326 e. The maximum atomic E-state index is 12.9. The van der Waals surface area contributed by atoms with Crippen molar-refractivity contribution in [2.24, 2.45) is 5.73 Å². The Morgan fingerprint density at radius 2 is 2.05 bits per heavy atom. The standard InChI is InChI=1S/C15H25N3O2S/c1-4-14-11-18(8-7-17(14)3)21(19,20)15-9-13(10-16)6-5-12(15)2/h5-6,9,14H,4,7-8,10-11,16H2,1-3H3. The van der Waals surface area contributed by atoms with Crippen molar-refractivity contribution in [3.63, 3.8) is 0 Å². The lowest BCUT2D eigenvalue weighted by atomic mass is 10.1. The van der Waals surface area contributed by atoms with Gasteiger partial charge in [-0.2, -0.15) is 4.31 Å². The number of aryl methyl sites for hydroxylation is 1. The maximum Gasteiger partial charge on any atom is 0.243 e. The molecule has 1 aromatic carbocycles. The number of piperazine rings is 1. The zero-order valence-electron chi connectivity index (χ0n) is 13.0. The lowest BCUT2D eigenvalue weighted by Gasteiger charge is -2.38. The molecule has 1 aliphatic rings. The molecule has 0 saturated carbocycles. The Bertz CT molecular complexity index is 601. The SMILES string of the molecule is CCC1CN(S(=O)(=O)c2cc(CN)ccc2C)CCN1C. The Balaban J connectivity index is 2.34. The Morgan fingerprint density at radius 3 is 2.67 bits per heavy atom. The molecular formula is C15H25N3O2S. The average molecular weight is 311 g/mol. The van der Waals surface area contributed by atoms with E-state index in [1.165, 1.54) is 0 Å². The summed E-state index contributed by atoms with van der Waals surface area (Å²) in [5, 5.41) is 0. The van der Waals surface area contributed by atoms with E-state index in [1.54, 1.807) is 10.4 Å². The van der Waals surface area contributed by atoms with Gasteiger partial charge in [-0.25, -0.2) is 8.42 Å². The molecule has 0 aromatic heterocycles. The first kappa shape index (κ1) is 16.4. The summed E-state index contributed by atoms with van der Waals surface area (Å²) in [7, 11) is -1.39. The second kappa shape index (κ2) is 6.44. The molecule has 1 heterocycles. The number of nitrogens with two attached hydrogens (primary N) is 1. The van der Waals surface area contributed by atoms with Crippen LogP contribution in [-0.2, 0) is 16.6 Å². The highest BCUT2D eigenvalue weighted by molar-refractivity contribution is 7.89. The smallest absolute Gasteiger partial charge is 0.243 e. The molecule has 1 aromatic rings. The highest BCUT2D eigenvalue weighted by atomic mass is 32.2. The third kappa shape index (κ3) is 3.29. The van der Waals surface area contributed by atoms with Gasteiger partial charge in [0.05, 0.1) is 4.90 Å². The molecular weight excluding hydrogens is 286 g/mol. The summed E-state index contributed by atoms with van der Waals surface area (Å²) in [5.41, 5.74) is 7.26. The molecule has 2 N–H and O–H groups in total. The average Bonchev–Trinajstić information content (AvgIpc) is 2.47. The van der Waals surface area contributed by atoms with E-state index in [2.05, 4.69) is 18.9 Å². The molecule has 1 fully saturated rings. The molecule has 0 radical (unpaired) electrons. The lowest BCUT2D eigenvalue weighted by molar-refractivity contribution is 0.144. The van der Waals surface area contributed by atoms with Crippen LogP contribution in [0.4, 0.5) is 0 Å². The van der Waals surface area contributed by atoms with Crippen molar-refractivity contribution in [1.29, 1.82) is 0 Å². The van der Waals surface area contributed by atoms with Crippen molar-refractivity contribution in [3.8, 4) is 0 Å². The Morgan fingerprint density at radius 1 is 1.33 bits per heavy atom. The van der Waals surface area contributed by atoms with Gasteiger partial charge in [-0.05, 0) is 37.6 Å². The normalized spacial score (nSPS) is 21.6. The van der Waals surface area contributed by atoms with Crippen LogP contribution in [0.2, 0.25) is 0 Å². The summed E-state index contributed by atoms with van der Waals surface area (Å²) >= 11 is 0. The molecule has 2 rings (SSSR count). The molecule has 1 atom stereocenters. The Labute approximate surface area is 127 Å². The minimum atomic E-state index is -3.44. The van der Waals surface area contributed by atoms with Crippen LogP contribution in [-0.4, -0.2) is 50.3 Å². The Kier molecular flexibility index (Phi) is 5.03. The molecule has 118 valence electrons. The minimum absolute atomic E-state index is 0.284. The number of benzene rings is 1. The molecule has 6 heteroatoms. The molecule has 5 nitrogen and oxygen atoms in total. The van der Waals surface area contributed by atoms with Crippen LogP contribution in [0.3, 0.4) is 0 Å². The molecule has 0 amide bonds. The second-order valence-corrected chi connectivity index (χ2v) is 7.62. The summed E-state index contributed by atoms with van der Waals surface area (Å²) < 4.78 is 27.4. The zero-order chi connectivity index (χ0) is 15.6. The van der Waals surface area contributed by atoms with Crippen LogP contribution in [0.25, 0.3) is 0 Å². The van der Waals surface area contributed by atoms with E-state index in [4.69, 9.17) is 5.73 Å². The summed E-state index contributed by atoms with van der Waals surface area (Å²) in [5.74, 6) is 0. The number of rotatable bonds is 4. The van der Waals surface area contributed by atoms with Crippen molar-refractivity contribution in [2.45, 2.75) is 37.8 Å². The summed E-state index contributed by atoms with van der Waals surface area (Å²) in [6, 6.07) is 5.71. The predicted molar refractivity (Wildman–Crippen MR) is 84.5 cm³/mol. The Hall–Kier alpha value is -0.950. The number of sulfonamides is 1. The predicted octanol–water partition coefficient (Wildman–Crippen LogP) is 1.17. The fraction of sp³-hybridized carbons (Fsp3) is 0.600. The molecule has 0 bridgehead atoms. The topological polar surface area (TPSA) is 66.6 Å². The van der Waals surface area contributed by atoms with E-state index in [9.17, 15) is 8.42 Å². The quantitative estimate of drug-likeness (QED) is 0.906. The molecule has 1 aliphatic heterocycles. The van der Waals surface area contributed by atoms with Gasteiger partial charge >= 0.3 is 0 Å². The van der Waals surface area contributed by atoms with Crippen molar-refractivity contribution >= 4 is 10.0 Å². The fourth-order valence-electron chi connectivity index (χ4n) is 2.77. The third-order valence-electron chi connectivity index (χ3n) is 4.32. The van der Waals surface area contributed by atoms with Gasteiger partial charge in [0.15, 0.2) is 0 Å². The zero-order valence-corrected chi connectivity index (χ0v) is 13.9. The van der Waals surface area contributed by atoms with E-state index in [0.29, 0.717) is 24.5 Å². The summed E-state index contributed by atoms with van der Waals surface area (Å²) in [4.78, 5) is 2.62. The van der Waals surface area contributed by atoms with Gasteiger partial charge < -0.3 is 10.6 Å². The van der Waals surface area contributed by atoms with Gasteiger partial charge in [-0.1, -0.05) is 19.1 Å². The van der Waals surface area contributed by atoms with E-state index in [0.717, 1.165) is 24.1 Å². The van der Waals surface area contributed by atoms with Gasteiger partial charge in [0.25, 0.3) is 0 Å². The van der Waals surface area contributed by atoms with Crippen LogP contribution < -0.4 is 5.73 Å². The van der Waals surface area contributed by atoms with E-state index in [-0.39, 0.29) is 6.04 Å². The first-order chi connectivity index (χ1) is 9.90. The van der Waals surface area contributed by atoms with Gasteiger partial charge in [0.2, 0.25) is 10.0 Å². The highest BCUT2D eigenvalue weighted by Crippen LogP contribution is 2.24. The van der Waals surface area contributed by atoms with E-state index < -0.39 is 10.0 Å². The van der Waals surface area contributed by atoms with Crippen molar-refractivity contribution in [2.75, 3.05) is 26.7 Å². The van der Waals surface area contributed by atoms with Gasteiger partial charge in [-0.15, -0.1) is 0 Å². The summed E-state index contributed by atoms with van der Waals surface area (Å²) in [6.07, 6.45) is 0.949. The van der Waals surface area contributed by atoms with Crippen molar-refractivity contribution in [1.82, 2.24) is 9.21 Å². The van der Waals surface area contributed by atoms with Crippen LogP contribution in [0.5, 0.6) is 0 Å². The van der Waals surface area contributed by atoms with E-state index in [1.807, 2.05) is 19.1 Å². The number of hydrogen-bond donors (Lipinski definition) is 1. The second-order valence-electron chi connectivity index (χ2n) is 5.71. The first-order valence-electron chi connectivity index (χ1n) is 7.40. The molecule has 21 heavy (non-hydrogen) atoms. The monoisotopic (exact) mass is 311 g/mol. The lowest BCUT2D eigenvalue weighted by Crippen LogP contribution is -2.52. The first-order valence-corrected chi connectivity index (χ1v) is 8.84. The van der Waals surface area contributed by atoms with Gasteiger partial charge in [-0.3, -0.25) is 0 Å². The molecule has 1 unspecified atom stereocenters. The number of nitrogens with zero attached hydrogens (tertiary/aromatic N) is 2. The van der Waals surface area contributed by atoms with Gasteiger partial charge in [0.1, 0.15) is 0 Å². The van der Waals surface area contributed by atoms with E-state index >= 15 is 0 Å². The largest absolute Gasteiger partial charge is 0.326 e. The van der Waals surface area contributed by atoms with Gasteiger partial charge in [0, 0.05) is 32.2 Å². The van der Waals surface area contributed by atoms with Crippen molar-refractivity contribution in [3.05, 3.63) is 29.3 Å². The van der Waals surface area contributed by atoms with Crippen LogP contribution in [0.15, 0.2) is 23.1 Å². The molecule has 1 saturated heterocycles. The molecule has 0 spiro atoms. The highest BCUT2D eigenvalue weighted by Gasteiger charge is 2.32. The van der Waals surface area contributed by atoms with Crippen LogP contribution >= 0.6 is 0 Å². The van der Waals surface area contributed by atoms with Crippen molar-refractivity contribution < 1.29 is 8.42 Å². The molecule has 0 aliphatic carbocycles. The maximum absolute atomic E-state index is 12.9. The third-order valence-corrected chi connectivity index (χ3v) is 6.32. The van der Waals surface area contributed by atoms with Crippen LogP contribution in [0, 0.1) is 6.92 Å². The number of hydrogen-bond acceptors (Lipinski definition) is 4.